The number of methoxy groups -OCH3 is 2. The Balaban J connectivity index is 0.00000512. The van der Waals surface area contributed by atoms with Gasteiger partial charge in [-0.15, -0.1) is 24.0 Å². The van der Waals surface area contributed by atoms with Crippen molar-refractivity contribution in [3.8, 4) is 23.0 Å². The minimum absolute atomic E-state index is 0. The van der Waals surface area contributed by atoms with E-state index in [1.807, 2.05) is 25.1 Å². The van der Waals surface area contributed by atoms with Crippen molar-refractivity contribution in [1.82, 2.24) is 10.6 Å². The van der Waals surface area contributed by atoms with Gasteiger partial charge in [0, 0.05) is 13.1 Å². The molecule has 2 rings (SSSR count). The second-order valence-electron chi connectivity index (χ2n) is 6.33. The van der Waals surface area contributed by atoms with Gasteiger partial charge in [0.2, 0.25) is 0 Å². The van der Waals surface area contributed by atoms with E-state index in [0.717, 1.165) is 11.1 Å². The Bertz CT molecular complexity index is 869. The zero-order valence-electron chi connectivity index (χ0n) is 18.6. The SMILES string of the molecule is CCNC(=NCc1ccc(OC(F)F)c(OCC)c1)NCc1ccc(OC)c(OC)c1.I. The summed E-state index contributed by atoms with van der Waals surface area (Å²) in [5.41, 5.74) is 1.80. The molecule has 0 aliphatic carbocycles. The third-order valence-corrected chi connectivity index (χ3v) is 4.20. The molecule has 2 aromatic carbocycles. The first-order valence-corrected chi connectivity index (χ1v) is 9.94. The van der Waals surface area contributed by atoms with Gasteiger partial charge in [-0.05, 0) is 49.2 Å². The van der Waals surface area contributed by atoms with Crippen LogP contribution in [0, 0.1) is 0 Å². The highest BCUT2D eigenvalue weighted by Crippen LogP contribution is 2.30. The quantitative estimate of drug-likeness (QED) is 0.236. The Morgan fingerprint density at radius 2 is 1.56 bits per heavy atom. The fraction of sp³-hybridized carbons (Fsp3) is 0.409. The molecular formula is C22H30F2IN3O4. The van der Waals surface area contributed by atoms with Gasteiger partial charge < -0.3 is 29.6 Å². The van der Waals surface area contributed by atoms with Gasteiger partial charge >= 0.3 is 6.61 Å². The van der Waals surface area contributed by atoms with Crippen molar-refractivity contribution in [2.24, 2.45) is 4.99 Å². The second-order valence-corrected chi connectivity index (χ2v) is 6.33. The molecule has 0 heterocycles. The molecule has 7 nitrogen and oxygen atoms in total. The minimum Gasteiger partial charge on any atom is -0.493 e. The molecule has 0 saturated carbocycles. The largest absolute Gasteiger partial charge is 0.493 e. The third-order valence-electron chi connectivity index (χ3n) is 4.20. The van der Waals surface area contributed by atoms with Crippen LogP contribution in [0.25, 0.3) is 0 Å². The molecule has 0 spiro atoms. The Morgan fingerprint density at radius 1 is 0.906 bits per heavy atom. The second kappa shape index (κ2) is 14.5. The first kappa shape index (κ1) is 27.5. The van der Waals surface area contributed by atoms with Crippen molar-refractivity contribution in [2.45, 2.75) is 33.5 Å². The molecule has 0 atom stereocenters. The van der Waals surface area contributed by atoms with Crippen LogP contribution in [-0.2, 0) is 13.1 Å². The van der Waals surface area contributed by atoms with Crippen LogP contribution in [0.15, 0.2) is 41.4 Å². The average molecular weight is 565 g/mol. The third kappa shape index (κ3) is 8.56. The lowest BCUT2D eigenvalue weighted by Crippen LogP contribution is -2.36. The molecule has 0 aromatic heterocycles. The van der Waals surface area contributed by atoms with Gasteiger partial charge in [-0.1, -0.05) is 12.1 Å². The van der Waals surface area contributed by atoms with E-state index in [9.17, 15) is 8.78 Å². The molecule has 10 heteroatoms. The number of alkyl halides is 2. The normalized spacial score (nSPS) is 10.9. The number of rotatable bonds is 11. The van der Waals surface area contributed by atoms with Gasteiger partial charge in [-0.25, -0.2) is 4.99 Å². The number of halogens is 3. The van der Waals surface area contributed by atoms with E-state index in [0.29, 0.717) is 43.7 Å². The molecule has 0 fully saturated rings. The van der Waals surface area contributed by atoms with Crippen molar-refractivity contribution in [3.63, 3.8) is 0 Å². The first-order chi connectivity index (χ1) is 15.0. The number of benzene rings is 2. The molecule has 2 aromatic rings. The van der Waals surface area contributed by atoms with Crippen LogP contribution in [0.5, 0.6) is 23.0 Å². The molecule has 0 aliphatic rings. The smallest absolute Gasteiger partial charge is 0.387 e. The Morgan fingerprint density at radius 3 is 2.19 bits per heavy atom. The van der Waals surface area contributed by atoms with Crippen LogP contribution < -0.4 is 29.6 Å². The number of nitrogens with zero attached hydrogens (tertiary/aromatic N) is 1. The van der Waals surface area contributed by atoms with Crippen molar-refractivity contribution in [2.75, 3.05) is 27.4 Å². The number of nitrogens with one attached hydrogen (secondary N) is 2. The van der Waals surface area contributed by atoms with Crippen LogP contribution in [-0.4, -0.2) is 39.9 Å². The Labute approximate surface area is 204 Å². The highest BCUT2D eigenvalue weighted by atomic mass is 127. The molecule has 0 saturated heterocycles. The van der Waals surface area contributed by atoms with Gasteiger partial charge in [-0.3, -0.25) is 0 Å². The number of aliphatic imine (C=N–C) groups is 1. The van der Waals surface area contributed by atoms with Gasteiger partial charge in [0.05, 0.1) is 27.4 Å². The van der Waals surface area contributed by atoms with E-state index in [-0.39, 0.29) is 35.5 Å². The standard InChI is InChI=1S/C22H29F2N3O4.HI/c1-5-25-22(26-13-15-7-9-17(28-3)19(11-15)29-4)27-14-16-8-10-18(31-21(23)24)20(12-16)30-6-2;/h7-12,21H,5-6,13-14H2,1-4H3,(H2,25,26,27);1H. The molecule has 0 bridgehead atoms. The summed E-state index contributed by atoms with van der Waals surface area (Å²) in [4.78, 5) is 4.56. The van der Waals surface area contributed by atoms with Crippen LogP contribution in [0.3, 0.4) is 0 Å². The molecule has 2 N–H and O–H groups in total. The summed E-state index contributed by atoms with van der Waals surface area (Å²) >= 11 is 0. The molecule has 32 heavy (non-hydrogen) atoms. The maximum absolute atomic E-state index is 12.6. The lowest BCUT2D eigenvalue weighted by molar-refractivity contribution is -0.0514. The predicted octanol–water partition coefficient (Wildman–Crippen LogP) is 4.58. The van der Waals surface area contributed by atoms with E-state index in [4.69, 9.17) is 14.2 Å². The van der Waals surface area contributed by atoms with Crippen LogP contribution in [0.4, 0.5) is 8.78 Å². The van der Waals surface area contributed by atoms with Crippen molar-refractivity contribution < 1.29 is 27.7 Å². The summed E-state index contributed by atoms with van der Waals surface area (Å²) in [7, 11) is 3.18. The van der Waals surface area contributed by atoms with Crippen molar-refractivity contribution >= 4 is 29.9 Å². The Kier molecular flexibility index (Phi) is 12.5. The van der Waals surface area contributed by atoms with Crippen LogP contribution >= 0.6 is 24.0 Å². The molecule has 0 aliphatic heterocycles. The van der Waals surface area contributed by atoms with Crippen molar-refractivity contribution in [1.29, 1.82) is 0 Å². The topological polar surface area (TPSA) is 73.3 Å². The molecular weight excluding hydrogens is 535 g/mol. The molecule has 0 amide bonds. The van der Waals surface area contributed by atoms with Gasteiger partial charge in [0.1, 0.15) is 0 Å². The zero-order valence-corrected chi connectivity index (χ0v) is 20.9. The summed E-state index contributed by atoms with van der Waals surface area (Å²) in [5, 5.41) is 6.44. The van der Waals surface area contributed by atoms with Crippen LogP contribution in [0.1, 0.15) is 25.0 Å². The maximum atomic E-state index is 12.6. The first-order valence-electron chi connectivity index (χ1n) is 9.94. The number of ether oxygens (including phenoxy) is 4. The van der Waals surface area contributed by atoms with Crippen molar-refractivity contribution in [3.05, 3.63) is 47.5 Å². The molecule has 0 unspecified atom stereocenters. The summed E-state index contributed by atoms with van der Waals surface area (Å²) in [5.74, 6) is 2.19. The van der Waals surface area contributed by atoms with E-state index in [2.05, 4.69) is 20.4 Å². The number of guanidine groups is 1. The fourth-order valence-corrected chi connectivity index (χ4v) is 2.80. The summed E-state index contributed by atoms with van der Waals surface area (Å²) < 4.78 is 45.6. The highest BCUT2D eigenvalue weighted by molar-refractivity contribution is 14.0. The van der Waals surface area contributed by atoms with Crippen LogP contribution in [0.2, 0.25) is 0 Å². The van der Waals surface area contributed by atoms with E-state index in [1.165, 1.54) is 6.07 Å². The monoisotopic (exact) mass is 565 g/mol. The lowest BCUT2D eigenvalue weighted by Gasteiger charge is -2.14. The summed E-state index contributed by atoms with van der Waals surface area (Å²) in [6.45, 7) is 2.71. The number of hydrogen-bond acceptors (Lipinski definition) is 5. The van der Waals surface area contributed by atoms with E-state index in [1.54, 1.807) is 33.3 Å². The molecule has 178 valence electrons. The minimum atomic E-state index is -2.91. The predicted molar refractivity (Wildman–Crippen MR) is 131 cm³/mol. The average Bonchev–Trinajstić information content (AvgIpc) is 2.76. The van der Waals surface area contributed by atoms with E-state index >= 15 is 0 Å². The highest BCUT2D eigenvalue weighted by Gasteiger charge is 2.12. The van der Waals surface area contributed by atoms with Gasteiger partial charge in [0.25, 0.3) is 0 Å². The summed E-state index contributed by atoms with van der Waals surface area (Å²) in [6.07, 6.45) is 0. The van der Waals surface area contributed by atoms with E-state index < -0.39 is 6.61 Å². The zero-order chi connectivity index (χ0) is 22.6. The summed E-state index contributed by atoms with van der Waals surface area (Å²) in [6, 6.07) is 10.5. The maximum Gasteiger partial charge on any atom is 0.387 e. The fourth-order valence-electron chi connectivity index (χ4n) is 2.80. The van der Waals surface area contributed by atoms with Gasteiger partial charge in [-0.2, -0.15) is 8.78 Å². The lowest BCUT2D eigenvalue weighted by atomic mass is 10.2. The molecule has 0 radical (unpaired) electrons. The Hall–Kier alpha value is -2.50. The van der Waals surface area contributed by atoms with Gasteiger partial charge in [0.15, 0.2) is 29.0 Å². The number of hydrogen-bond donors (Lipinski definition) is 2.